The number of esters is 1. The van der Waals surface area contributed by atoms with Gasteiger partial charge in [0.05, 0.1) is 18.9 Å². The molecule has 3 heterocycles. The molecular weight excluding hydrogens is 500 g/mol. The Morgan fingerprint density at radius 1 is 1.13 bits per heavy atom. The number of hydrogen-bond acceptors (Lipinski definition) is 10. The van der Waals surface area contributed by atoms with Crippen molar-refractivity contribution in [2.45, 2.75) is 39.8 Å². The highest BCUT2D eigenvalue weighted by molar-refractivity contribution is 8.14. The Labute approximate surface area is 226 Å². The smallest absolute Gasteiger partial charge is 0.316 e. The number of fused-ring (bicyclic) bond motifs is 1. The molecule has 0 radical (unpaired) electrons. The third-order valence-electron chi connectivity index (χ3n) is 6.50. The number of carbonyl (C=O) groups excluding carboxylic acids is 1. The molecule has 0 bridgehead atoms. The van der Waals surface area contributed by atoms with Gasteiger partial charge in [0.15, 0.2) is 0 Å². The highest BCUT2D eigenvalue weighted by Gasteiger charge is 2.37. The maximum absolute atomic E-state index is 11.9. The maximum Gasteiger partial charge on any atom is 0.316 e. The van der Waals surface area contributed by atoms with Gasteiger partial charge in [-0.15, -0.1) is 10.2 Å². The Morgan fingerprint density at radius 3 is 2.63 bits per heavy atom. The minimum Gasteiger partial charge on any atom is -0.465 e. The molecule has 2 aliphatic heterocycles. The van der Waals surface area contributed by atoms with Gasteiger partial charge in [-0.25, -0.2) is 0 Å². The molecule has 2 aliphatic rings. The van der Waals surface area contributed by atoms with Crippen LogP contribution < -0.4 is 0 Å². The van der Waals surface area contributed by atoms with Gasteiger partial charge in [-0.05, 0) is 42.2 Å². The summed E-state index contributed by atoms with van der Waals surface area (Å²) in [5.74, 6) is 0.637. The lowest BCUT2D eigenvalue weighted by Gasteiger charge is -2.45. The zero-order valence-corrected chi connectivity index (χ0v) is 22.7. The number of allylic oxidation sites excluding steroid dienone is 1. The maximum atomic E-state index is 11.9. The van der Waals surface area contributed by atoms with Crippen molar-refractivity contribution < 1.29 is 9.53 Å². The fourth-order valence-electron chi connectivity index (χ4n) is 4.77. The first kappa shape index (κ1) is 25.8. The molecule has 38 heavy (non-hydrogen) atoms. The highest BCUT2D eigenvalue weighted by atomic mass is 32.2. The van der Waals surface area contributed by atoms with Crippen molar-refractivity contribution in [2.24, 2.45) is 5.10 Å². The number of rotatable bonds is 9. The van der Waals surface area contributed by atoms with Gasteiger partial charge in [0.2, 0.25) is 5.82 Å². The van der Waals surface area contributed by atoms with Crippen LogP contribution in [0.25, 0.3) is 22.5 Å². The molecular formula is C27H32N8O2S. The predicted molar refractivity (Wildman–Crippen MR) is 148 cm³/mol. The number of benzene rings is 2. The molecule has 0 spiro atoms. The van der Waals surface area contributed by atoms with Crippen molar-refractivity contribution in [3.63, 3.8) is 0 Å². The SMILES string of the molecule is CCCN1C=C(C)N2CC(SCC(=O)OCC)=NN2C1Cc1ccc(-c2ccccc2-c2nn[nH]n2)cc1. The minimum atomic E-state index is -0.211. The molecule has 198 valence electrons. The predicted octanol–water partition coefficient (Wildman–Crippen LogP) is 4.13. The number of nitrogens with zero attached hydrogens (tertiary/aromatic N) is 7. The van der Waals surface area contributed by atoms with Crippen LogP contribution >= 0.6 is 11.8 Å². The molecule has 0 fully saturated rings. The summed E-state index contributed by atoms with van der Waals surface area (Å²) in [7, 11) is 0. The summed E-state index contributed by atoms with van der Waals surface area (Å²) in [4.78, 5) is 14.3. The third kappa shape index (κ3) is 5.52. The Balaban J connectivity index is 1.36. The number of thioether (sulfide) groups is 1. The van der Waals surface area contributed by atoms with Crippen LogP contribution in [0.5, 0.6) is 0 Å². The fraction of sp³-hybridized carbons (Fsp3) is 0.370. The van der Waals surface area contributed by atoms with E-state index in [0.29, 0.717) is 19.0 Å². The molecule has 0 amide bonds. The van der Waals surface area contributed by atoms with E-state index in [9.17, 15) is 4.79 Å². The zero-order chi connectivity index (χ0) is 26.5. The Bertz CT molecular complexity index is 1310. The van der Waals surface area contributed by atoms with Crippen LogP contribution in [0.1, 0.15) is 32.8 Å². The van der Waals surface area contributed by atoms with Gasteiger partial charge in [-0.3, -0.25) is 9.80 Å². The normalized spacial score (nSPS) is 16.8. The largest absolute Gasteiger partial charge is 0.465 e. The van der Waals surface area contributed by atoms with Gasteiger partial charge >= 0.3 is 5.97 Å². The van der Waals surface area contributed by atoms with Crippen LogP contribution in [0.4, 0.5) is 0 Å². The lowest BCUT2D eigenvalue weighted by Crippen LogP contribution is -2.54. The second-order valence-electron chi connectivity index (χ2n) is 9.14. The number of hydrazine groups is 1. The number of hydrogen-bond donors (Lipinski definition) is 1. The minimum absolute atomic E-state index is 0.0387. The van der Waals surface area contributed by atoms with Gasteiger partial charge in [0.25, 0.3) is 0 Å². The van der Waals surface area contributed by atoms with E-state index in [1.54, 1.807) is 0 Å². The number of aromatic nitrogens is 4. The molecule has 3 aromatic rings. The fourth-order valence-corrected chi connectivity index (χ4v) is 5.49. The molecule has 1 aromatic heterocycles. The summed E-state index contributed by atoms with van der Waals surface area (Å²) in [5.41, 5.74) is 5.44. The Hall–Kier alpha value is -3.86. The second kappa shape index (κ2) is 11.7. The van der Waals surface area contributed by atoms with Crippen molar-refractivity contribution in [3.8, 4) is 22.5 Å². The van der Waals surface area contributed by atoms with E-state index in [-0.39, 0.29) is 17.9 Å². The van der Waals surface area contributed by atoms with E-state index in [0.717, 1.165) is 46.8 Å². The number of tetrazole rings is 1. The molecule has 0 saturated carbocycles. The number of ether oxygens (including phenoxy) is 1. The van der Waals surface area contributed by atoms with E-state index < -0.39 is 0 Å². The van der Waals surface area contributed by atoms with Crippen LogP contribution in [0.15, 0.2) is 65.5 Å². The topological polar surface area (TPSA) is 103 Å². The summed E-state index contributed by atoms with van der Waals surface area (Å²) in [6, 6.07) is 16.7. The summed E-state index contributed by atoms with van der Waals surface area (Å²) >= 11 is 1.45. The standard InChI is InChI=1S/C27H32N8O2S/c1-4-14-33-16-19(3)34-17-24(38-18-26(36)37-5-2)30-35(34)25(33)15-20-10-12-21(13-11-20)22-8-6-7-9-23(22)27-28-31-32-29-27/h6-13,16,25H,4-5,14-15,17-18H2,1-3H3,(H,28,29,31,32). The number of carbonyl (C=O) groups is 1. The van der Waals surface area contributed by atoms with Crippen molar-refractivity contribution in [3.05, 3.63) is 66.0 Å². The molecule has 10 nitrogen and oxygen atoms in total. The van der Waals surface area contributed by atoms with Crippen molar-refractivity contribution >= 4 is 22.8 Å². The molecule has 1 unspecified atom stereocenters. The van der Waals surface area contributed by atoms with Crippen LogP contribution in [-0.4, -0.2) is 78.3 Å². The summed E-state index contributed by atoms with van der Waals surface area (Å²) in [6.07, 6.45) is 4.10. The summed E-state index contributed by atoms with van der Waals surface area (Å²) in [5, 5.41) is 24.7. The van der Waals surface area contributed by atoms with E-state index in [4.69, 9.17) is 9.84 Å². The number of nitrogens with one attached hydrogen (secondary N) is 1. The molecule has 0 aliphatic carbocycles. The lowest BCUT2D eigenvalue weighted by atomic mass is 9.97. The average molecular weight is 533 g/mol. The van der Waals surface area contributed by atoms with Crippen LogP contribution in [-0.2, 0) is 16.0 Å². The Morgan fingerprint density at radius 2 is 1.92 bits per heavy atom. The van der Waals surface area contributed by atoms with Gasteiger partial charge < -0.3 is 9.64 Å². The summed E-state index contributed by atoms with van der Waals surface area (Å²) < 4.78 is 5.09. The lowest BCUT2D eigenvalue weighted by molar-refractivity contribution is -0.139. The molecule has 11 heteroatoms. The zero-order valence-electron chi connectivity index (χ0n) is 21.9. The van der Waals surface area contributed by atoms with Gasteiger partial charge in [0.1, 0.15) is 11.2 Å². The molecule has 1 atom stereocenters. The number of aromatic amines is 1. The van der Waals surface area contributed by atoms with Crippen molar-refractivity contribution in [1.29, 1.82) is 0 Å². The van der Waals surface area contributed by atoms with Gasteiger partial charge in [0, 0.05) is 30.4 Å². The molecule has 0 saturated heterocycles. The van der Waals surface area contributed by atoms with Gasteiger partial charge in [-0.1, -0.05) is 67.2 Å². The van der Waals surface area contributed by atoms with Crippen LogP contribution in [0.3, 0.4) is 0 Å². The van der Waals surface area contributed by atoms with E-state index in [2.05, 4.69) is 86.0 Å². The van der Waals surface area contributed by atoms with Crippen molar-refractivity contribution in [2.75, 3.05) is 25.4 Å². The third-order valence-corrected chi connectivity index (χ3v) is 7.42. The van der Waals surface area contributed by atoms with E-state index >= 15 is 0 Å². The molecule has 1 N–H and O–H groups in total. The van der Waals surface area contributed by atoms with Crippen LogP contribution in [0.2, 0.25) is 0 Å². The molecule has 2 aromatic carbocycles. The highest BCUT2D eigenvalue weighted by Crippen LogP contribution is 2.33. The summed E-state index contributed by atoms with van der Waals surface area (Å²) in [6.45, 7) is 8.11. The Kier molecular flexibility index (Phi) is 7.92. The van der Waals surface area contributed by atoms with Crippen molar-refractivity contribution in [1.82, 2.24) is 35.7 Å². The quantitative estimate of drug-likeness (QED) is 0.408. The first-order valence-corrected chi connectivity index (χ1v) is 13.8. The first-order chi connectivity index (χ1) is 18.6. The first-order valence-electron chi connectivity index (χ1n) is 12.9. The number of H-pyrrole nitrogens is 1. The monoisotopic (exact) mass is 532 g/mol. The number of hydrazone groups is 1. The van der Waals surface area contributed by atoms with Gasteiger partial charge in [-0.2, -0.15) is 15.4 Å². The average Bonchev–Trinajstić information content (AvgIpc) is 3.62. The van der Waals surface area contributed by atoms with Crippen LogP contribution in [0, 0.1) is 0 Å². The van der Waals surface area contributed by atoms with E-state index in [1.165, 1.54) is 17.3 Å². The molecule has 5 rings (SSSR count). The second-order valence-corrected chi connectivity index (χ2v) is 10.2. The van der Waals surface area contributed by atoms with E-state index in [1.807, 2.05) is 25.1 Å².